The van der Waals surface area contributed by atoms with Crippen molar-refractivity contribution in [2.75, 3.05) is 26.7 Å². The molecule has 3 atom stereocenters. The van der Waals surface area contributed by atoms with Crippen LogP contribution in [0.4, 0.5) is 0 Å². The quantitative estimate of drug-likeness (QED) is 0.356. The third-order valence-electron chi connectivity index (χ3n) is 7.08. The summed E-state index contributed by atoms with van der Waals surface area (Å²) >= 11 is 6.01. The third kappa shape index (κ3) is 6.68. The van der Waals surface area contributed by atoms with Crippen molar-refractivity contribution in [3.05, 3.63) is 41.4 Å². The largest absolute Gasteiger partial charge is 0.469 e. The number of sulfonamides is 1. The predicted molar refractivity (Wildman–Crippen MR) is 143 cm³/mol. The first kappa shape index (κ1) is 28.8. The van der Waals surface area contributed by atoms with E-state index in [1.807, 2.05) is 0 Å². The minimum absolute atomic E-state index is 0.0290. The number of amides is 3. The second kappa shape index (κ2) is 11.9. The molecule has 3 amide bonds. The lowest BCUT2D eigenvalue weighted by molar-refractivity contribution is -0.145. The first-order valence-electron chi connectivity index (χ1n) is 12.7. The van der Waals surface area contributed by atoms with Crippen molar-refractivity contribution >= 4 is 56.1 Å². The topological polar surface area (TPSA) is 142 Å². The highest BCUT2D eigenvalue weighted by molar-refractivity contribution is 7.89. The first-order valence-corrected chi connectivity index (χ1v) is 14.5. The van der Waals surface area contributed by atoms with Crippen LogP contribution in [0.3, 0.4) is 0 Å². The predicted octanol–water partition coefficient (Wildman–Crippen LogP) is 1.43. The van der Waals surface area contributed by atoms with Gasteiger partial charge in [0, 0.05) is 30.7 Å². The Morgan fingerprint density at radius 2 is 1.82 bits per heavy atom. The van der Waals surface area contributed by atoms with Gasteiger partial charge < -0.3 is 19.9 Å². The average Bonchev–Trinajstić information content (AvgIpc) is 3.26. The zero-order chi connectivity index (χ0) is 28.3. The Labute approximate surface area is 231 Å². The molecule has 11 nitrogen and oxygen atoms in total. The Morgan fingerprint density at radius 1 is 1.10 bits per heavy atom. The molecule has 2 aromatic rings. The zero-order valence-electron chi connectivity index (χ0n) is 21.7. The molecule has 2 aliphatic heterocycles. The van der Waals surface area contributed by atoms with Crippen molar-refractivity contribution in [1.29, 1.82) is 0 Å². The number of hydrogen-bond acceptors (Lipinski definition) is 7. The maximum Gasteiger partial charge on any atom is 0.315 e. The summed E-state index contributed by atoms with van der Waals surface area (Å²) in [7, 11) is -2.79. The summed E-state index contributed by atoms with van der Waals surface area (Å²) in [5.74, 6) is -1.87. The van der Waals surface area contributed by atoms with Gasteiger partial charge >= 0.3 is 5.97 Å². The van der Waals surface area contributed by atoms with Gasteiger partial charge in [0.15, 0.2) is 0 Å². The number of halogens is 1. The molecule has 210 valence electrons. The van der Waals surface area contributed by atoms with Crippen LogP contribution in [0.1, 0.15) is 32.6 Å². The monoisotopic (exact) mass is 578 g/mol. The average molecular weight is 579 g/mol. The van der Waals surface area contributed by atoms with Gasteiger partial charge in [-0.3, -0.25) is 19.2 Å². The van der Waals surface area contributed by atoms with Gasteiger partial charge in [0.05, 0.1) is 12.0 Å². The lowest BCUT2D eigenvalue weighted by Gasteiger charge is -2.36. The molecule has 0 spiro atoms. The normalized spacial score (nSPS) is 20.6. The minimum Gasteiger partial charge on any atom is -0.469 e. The molecule has 2 aromatic carbocycles. The SMILES string of the molecule is COC(=O)CC(=O)N[C@H]1CCCN(C(=O)[C@H](C)N2CC[C@H](NS(=O)(=O)c3ccc4cc(Cl)ccc4c3)C2=O)C1. The van der Waals surface area contributed by atoms with Gasteiger partial charge in [-0.2, -0.15) is 4.72 Å². The summed E-state index contributed by atoms with van der Waals surface area (Å²) in [5.41, 5.74) is 0. The van der Waals surface area contributed by atoms with Crippen LogP contribution in [-0.2, 0) is 33.9 Å². The number of rotatable bonds is 8. The van der Waals surface area contributed by atoms with Crippen LogP contribution in [0, 0.1) is 0 Å². The maximum absolute atomic E-state index is 13.2. The fraction of sp³-hybridized carbons (Fsp3) is 0.462. The Hall–Kier alpha value is -3.22. The van der Waals surface area contributed by atoms with Gasteiger partial charge in [-0.25, -0.2) is 8.42 Å². The first-order chi connectivity index (χ1) is 18.5. The van der Waals surface area contributed by atoms with E-state index in [-0.39, 0.29) is 36.4 Å². The molecule has 0 saturated carbocycles. The second-order valence-electron chi connectivity index (χ2n) is 9.77. The van der Waals surface area contributed by atoms with Crippen LogP contribution in [0.25, 0.3) is 10.8 Å². The summed E-state index contributed by atoms with van der Waals surface area (Å²) in [6.45, 7) is 2.56. The van der Waals surface area contributed by atoms with Gasteiger partial charge in [0.1, 0.15) is 18.5 Å². The lowest BCUT2D eigenvalue weighted by atomic mass is 10.0. The molecule has 2 aliphatic rings. The lowest BCUT2D eigenvalue weighted by Crippen LogP contribution is -2.55. The molecule has 2 fully saturated rings. The molecule has 2 N–H and O–H groups in total. The van der Waals surface area contributed by atoms with E-state index in [4.69, 9.17) is 11.6 Å². The number of carbonyl (C=O) groups excluding carboxylic acids is 4. The van der Waals surface area contributed by atoms with E-state index in [1.54, 1.807) is 36.1 Å². The van der Waals surface area contributed by atoms with Crippen LogP contribution in [-0.4, -0.2) is 86.8 Å². The Balaban J connectivity index is 1.36. The molecule has 0 unspecified atom stereocenters. The Bertz CT molecular complexity index is 1400. The van der Waals surface area contributed by atoms with Gasteiger partial charge in [-0.05, 0) is 61.2 Å². The van der Waals surface area contributed by atoms with Gasteiger partial charge in [0.2, 0.25) is 27.7 Å². The number of piperidine rings is 1. The van der Waals surface area contributed by atoms with E-state index < -0.39 is 46.3 Å². The van der Waals surface area contributed by atoms with Crippen molar-refractivity contribution in [3.8, 4) is 0 Å². The zero-order valence-corrected chi connectivity index (χ0v) is 23.3. The van der Waals surface area contributed by atoms with Gasteiger partial charge in [-0.1, -0.05) is 23.7 Å². The molecule has 39 heavy (non-hydrogen) atoms. The Kier molecular flexibility index (Phi) is 8.77. The van der Waals surface area contributed by atoms with Crippen molar-refractivity contribution < 1.29 is 32.3 Å². The molecule has 4 rings (SSSR count). The van der Waals surface area contributed by atoms with Crippen LogP contribution in [0.15, 0.2) is 41.3 Å². The van der Waals surface area contributed by atoms with E-state index in [0.29, 0.717) is 29.8 Å². The number of ether oxygens (including phenoxy) is 1. The minimum atomic E-state index is -4.00. The second-order valence-corrected chi connectivity index (χ2v) is 11.9. The molecule has 0 aromatic heterocycles. The summed E-state index contributed by atoms with van der Waals surface area (Å²) in [4.78, 5) is 52.8. The number of esters is 1. The van der Waals surface area contributed by atoms with Crippen LogP contribution in [0.5, 0.6) is 0 Å². The molecule has 13 heteroatoms. The highest BCUT2D eigenvalue weighted by Crippen LogP contribution is 2.24. The number of fused-ring (bicyclic) bond motifs is 1. The van der Waals surface area contributed by atoms with Crippen molar-refractivity contribution in [2.45, 2.75) is 55.6 Å². The third-order valence-corrected chi connectivity index (χ3v) is 8.78. The standard InChI is InChI=1S/C26H31ClN4O7S/c1-16(25(34)30-10-3-4-20(15-30)28-23(32)14-24(33)38-2)31-11-9-22(26(31)35)29-39(36,37)21-8-6-17-12-19(27)7-5-18(17)13-21/h5-8,12-13,16,20,22,29H,3-4,9-11,14-15H2,1-2H3,(H,28,32)/t16-,20-,22-/m0/s1. The van der Waals surface area contributed by atoms with Crippen LogP contribution >= 0.6 is 11.6 Å². The summed E-state index contributed by atoms with van der Waals surface area (Å²) in [5, 5.41) is 4.78. The fourth-order valence-corrected chi connectivity index (χ4v) is 6.43. The maximum atomic E-state index is 13.2. The highest BCUT2D eigenvalue weighted by atomic mass is 35.5. The van der Waals surface area contributed by atoms with Crippen molar-refractivity contribution in [1.82, 2.24) is 19.8 Å². The number of carbonyl (C=O) groups is 4. The van der Waals surface area contributed by atoms with Crippen LogP contribution < -0.4 is 10.0 Å². The molecule has 0 radical (unpaired) electrons. The number of hydrogen-bond donors (Lipinski definition) is 2. The van der Waals surface area contributed by atoms with E-state index in [2.05, 4.69) is 14.8 Å². The number of methoxy groups -OCH3 is 1. The number of benzene rings is 2. The number of nitrogens with one attached hydrogen (secondary N) is 2. The van der Waals surface area contributed by atoms with Crippen LogP contribution in [0.2, 0.25) is 5.02 Å². The van der Waals surface area contributed by atoms with E-state index >= 15 is 0 Å². The van der Waals surface area contributed by atoms with E-state index in [1.165, 1.54) is 24.1 Å². The Morgan fingerprint density at radius 3 is 2.56 bits per heavy atom. The van der Waals surface area contributed by atoms with E-state index in [9.17, 15) is 27.6 Å². The molecule has 0 bridgehead atoms. The summed E-state index contributed by atoms with van der Waals surface area (Å²) in [6, 6.07) is 7.66. The molecule has 2 saturated heterocycles. The van der Waals surface area contributed by atoms with Crippen molar-refractivity contribution in [3.63, 3.8) is 0 Å². The smallest absolute Gasteiger partial charge is 0.315 e. The summed E-state index contributed by atoms with van der Waals surface area (Å²) < 4.78 is 33.1. The molecule has 0 aliphatic carbocycles. The van der Waals surface area contributed by atoms with Gasteiger partial charge in [-0.15, -0.1) is 0 Å². The number of likely N-dealkylation sites (tertiary alicyclic amines) is 2. The summed E-state index contributed by atoms with van der Waals surface area (Å²) in [6.07, 6.45) is 1.13. The highest BCUT2D eigenvalue weighted by Gasteiger charge is 2.40. The molecular formula is C26H31ClN4O7S. The molecular weight excluding hydrogens is 548 g/mol. The number of nitrogens with zero attached hydrogens (tertiary/aromatic N) is 2. The van der Waals surface area contributed by atoms with Gasteiger partial charge in [0.25, 0.3) is 0 Å². The van der Waals surface area contributed by atoms with E-state index in [0.717, 1.165) is 5.39 Å². The fourth-order valence-electron chi connectivity index (χ4n) is 4.99. The van der Waals surface area contributed by atoms with Crippen molar-refractivity contribution in [2.24, 2.45) is 0 Å². The molecule has 2 heterocycles.